The summed E-state index contributed by atoms with van der Waals surface area (Å²) in [4.78, 5) is 10.8. The van der Waals surface area contributed by atoms with E-state index < -0.39 is 21.8 Å². The molecule has 118 valence electrons. The molecule has 1 heterocycles. The fourth-order valence-electron chi connectivity index (χ4n) is 2.61. The van der Waals surface area contributed by atoms with Crippen molar-refractivity contribution in [1.82, 2.24) is 4.31 Å². The second kappa shape index (κ2) is 6.50. The standard InChI is InChI=1S/C13H18BrNO5S/c1-15(9-6-4-2-3-5-7-9)21(18,19)11-8-10(13(16)17)20-12(11)14/h8-9H,2-7H2,1H3,(H,16,17). The maximum atomic E-state index is 12.6. The molecule has 0 radical (unpaired) electrons. The van der Waals surface area contributed by atoms with Gasteiger partial charge in [-0.2, -0.15) is 4.31 Å². The topological polar surface area (TPSA) is 87.8 Å². The Labute approximate surface area is 132 Å². The highest BCUT2D eigenvalue weighted by atomic mass is 79.9. The van der Waals surface area contributed by atoms with Gasteiger partial charge in [-0.25, -0.2) is 13.2 Å². The molecule has 0 saturated heterocycles. The van der Waals surface area contributed by atoms with Crippen LogP contribution in [-0.4, -0.2) is 36.9 Å². The van der Waals surface area contributed by atoms with E-state index in [1.807, 2.05) is 0 Å². The van der Waals surface area contributed by atoms with E-state index in [0.717, 1.165) is 44.6 Å². The minimum Gasteiger partial charge on any atom is -0.475 e. The summed E-state index contributed by atoms with van der Waals surface area (Å²) in [7, 11) is -2.22. The molecule has 1 saturated carbocycles. The molecular weight excluding hydrogens is 362 g/mol. The number of rotatable bonds is 4. The maximum Gasteiger partial charge on any atom is 0.371 e. The van der Waals surface area contributed by atoms with E-state index in [0.29, 0.717) is 0 Å². The molecule has 0 unspecified atom stereocenters. The number of nitrogens with zero attached hydrogens (tertiary/aromatic N) is 1. The van der Waals surface area contributed by atoms with Crippen LogP contribution in [0.5, 0.6) is 0 Å². The molecule has 6 nitrogen and oxygen atoms in total. The summed E-state index contributed by atoms with van der Waals surface area (Å²) in [5.41, 5.74) is 0. The van der Waals surface area contributed by atoms with Crippen molar-refractivity contribution in [2.45, 2.75) is 49.5 Å². The zero-order chi connectivity index (χ0) is 15.6. The summed E-state index contributed by atoms with van der Waals surface area (Å²) < 4.78 is 31.5. The highest BCUT2D eigenvalue weighted by Gasteiger charge is 2.32. The lowest BCUT2D eigenvalue weighted by atomic mass is 10.1. The quantitative estimate of drug-likeness (QED) is 0.811. The Morgan fingerprint density at radius 1 is 1.33 bits per heavy atom. The van der Waals surface area contributed by atoms with Crippen molar-refractivity contribution < 1.29 is 22.7 Å². The Kier molecular flexibility index (Phi) is 5.11. The molecule has 1 N–H and O–H groups in total. The van der Waals surface area contributed by atoms with Crippen molar-refractivity contribution in [1.29, 1.82) is 0 Å². The number of carboxylic acid groups (broad SMARTS) is 1. The fraction of sp³-hybridized carbons (Fsp3) is 0.615. The van der Waals surface area contributed by atoms with Gasteiger partial charge in [0.25, 0.3) is 0 Å². The van der Waals surface area contributed by atoms with Gasteiger partial charge in [0.15, 0.2) is 4.67 Å². The zero-order valence-electron chi connectivity index (χ0n) is 11.7. The van der Waals surface area contributed by atoms with Gasteiger partial charge in [-0.3, -0.25) is 0 Å². The van der Waals surface area contributed by atoms with Gasteiger partial charge in [0, 0.05) is 19.2 Å². The first-order valence-electron chi connectivity index (χ1n) is 6.84. The molecule has 2 rings (SSSR count). The molecule has 0 bridgehead atoms. The van der Waals surface area contributed by atoms with E-state index in [2.05, 4.69) is 15.9 Å². The molecule has 1 aromatic rings. The summed E-state index contributed by atoms with van der Waals surface area (Å²) in [6, 6.07) is 1.00. The Bertz CT molecular complexity index is 617. The highest BCUT2D eigenvalue weighted by molar-refractivity contribution is 9.10. The van der Waals surface area contributed by atoms with Gasteiger partial charge in [0.2, 0.25) is 15.8 Å². The van der Waals surface area contributed by atoms with Crippen LogP contribution in [0.4, 0.5) is 0 Å². The van der Waals surface area contributed by atoms with Crippen LogP contribution in [0.15, 0.2) is 20.0 Å². The van der Waals surface area contributed by atoms with Crippen LogP contribution in [0.3, 0.4) is 0 Å². The zero-order valence-corrected chi connectivity index (χ0v) is 14.1. The Morgan fingerprint density at radius 3 is 2.38 bits per heavy atom. The smallest absolute Gasteiger partial charge is 0.371 e. The largest absolute Gasteiger partial charge is 0.475 e. The third-order valence-corrected chi connectivity index (χ3v) is 6.63. The maximum absolute atomic E-state index is 12.6. The van der Waals surface area contributed by atoms with Crippen molar-refractivity contribution in [3.63, 3.8) is 0 Å². The average molecular weight is 380 g/mol. The van der Waals surface area contributed by atoms with Gasteiger partial charge in [-0.1, -0.05) is 25.7 Å². The van der Waals surface area contributed by atoms with Gasteiger partial charge < -0.3 is 9.52 Å². The minimum atomic E-state index is -3.77. The molecule has 0 spiro atoms. The second-order valence-corrected chi connectivity index (χ2v) is 7.91. The summed E-state index contributed by atoms with van der Waals surface area (Å²) in [6.45, 7) is 0. The van der Waals surface area contributed by atoms with Gasteiger partial charge in [0.05, 0.1) is 0 Å². The molecule has 1 aromatic heterocycles. The molecule has 1 aliphatic rings. The van der Waals surface area contributed by atoms with E-state index in [1.54, 1.807) is 7.05 Å². The third-order valence-electron chi connectivity index (χ3n) is 3.86. The summed E-state index contributed by atoms with van der Waals surface area (Å²) in [5.74, 6) is -1.69. The van der Waals surface area contributed by atoms with Crippen molar-refractivity contribution in [2.75, 3.05) is 7.05 Å². The third kappa shape index (κ3) is 3.49. The SMILES string of the molecule is CN(C1CCCCCC1)S(=O)(=O)c1cc(C(=O)O)oc1Br. The summed E-state index contributed by atoms with van der Waals surface area (Å²) >= 11 is 2.99. The van der Waals surface area contributed by atoms with Gasteiger partial charge in [-0.15, -0.1) is 0 Å². The Balaban J connectivity index is 2.30. The first-order valence-corrected chi connectivity index (χ1v) is 9.08. The van der Waals surface area contributed by atoms with Gasteiger partial charge in [0.1, 0.15) is 4.90 Å². The summed E-state index contributed by atoms with van der Waals surface area (Å²) in [6.07, 6.45) is 5.94. The molecule has 0 atom stereocenters. The minimum absolute atomic E-state index is 0.0485. The van der Waals surface area contributed by atoms with E-state index in [1.165, 1.54) is 4.31 Å². The summed E-state index contributed by atoms with van der Waals surface area (Å²) in [5, 5.41) is 8.89. The number of aromatic carboxylic acids is 1. The predicted molar refractivity (Wildman–Crippen MR) is 79.8 cm³/mol. The normalized spacial score (nSPS) is 17.9. The fourth-order valence-corrected chi connectivity index (χ4v) is 4.92. The van der Waals surface area contributed by atoms with Gasteiger partial charge >= 0.3 is 5.97 Å². The molecule has 21 heavy (non-hydrogen) atoms. The molecular formula is C13H18BrNO5S. The Morgan fingerprint density at radius 2 is 1.90 bits per heavy atom. The first kappa shape index (κ1) is 16.5. The van der Waals surface area contributed by atoms with E-state index in [9.17, 15) is 13.2 Å². The number of sulfonamides is 1. The van der Waals surface area contributed by atoms with Gasteiger partial charge in [-0.05, 0) is 28.8 Å². The predicted octanol–water partition coefficient (Wildman–Crippen LogP) is 3.08. The van der Waals surface area contributed by atoms with Crippen LogP contribution in [0, 0.1) is 0 Å². The lowest BCUT2D eigenvalue weighted by Gasteiger charge is -2.25. The lowest BCUT2D eigenvalue weighted by molar-refractivity contribution is 0.0661. The molecule has 0 aliphatic heterocycles. The van der Waals surface area contributed by atoms with E-state index in [4.69, 9.17) is 9.52 Å². The van der Waals surface area contributed by atoms with Crippen LogP contribution in [0.25, 0.3) is 0 Å². The number of halogens is 1. The highest BCUT2D eigenvalue weighted by Crippen LogP contribution is 2.31. The number of hydrogen-bond acceptors (Lipinski definition) is 4. The average Bonchev–Trinajstić information content (AvgIpc) is 2.65. The Hall–Kier alpha value is -0.860. The molecule has 1 aliphatic carbocycles. The molecule has 8 heteroatoms. The van der Waals surface area contributed by atoms with Crippen molar-refractivity contribution in [3.8, 4) is 0 Å². The van der Waals surface area contributed by atoms with Crippen LogP contribution < -0.4 is 0 Å². The van der Waals surface area contributed by atoms with E-state index >= 15 is 0 Å². The van der Waals surface area contributed by atoms with Crippen molar-refractivity contribution >= 4 is 31.9 Å². The van der Waals surface area contributed by atoms with Crippen LogP contribution in [0.1, 0.15) is 49.1 Å². The first-order chi connectivity index (χ1) is 9.84. The lowest BCUT2D eigenvalue weighted by Crippen LogP contribution is -2.36. The molecule has 0 amide bonds. The number of hydrogen-bond donors (Lipinski definition) is 1. The number of furan rings is 1. The van der Waals surface area contributed by atoms with Crippen molar-refractivity contribution in [3.05, 3.63) is 16.5 Å². The van der Waals surface area contributed by atoms with Crippen LogP contribution >= 0.6 is 15.9 Å². The monoisotopic (exact) mass is 379 g/mol. The van der Waals surface area contributed by atoms with Crippen molar-refractivity contribution in [2.24, 2.45) is 0 Å². The second-order valence-electron chi connectivity index (χ2n) is 5.22. The van der Waals surface area contributed by atoms with Crippen LogP contribution in [-0.2, 0) is 10.0 Å². The molecule has 0 aromatic carbocycles. The van der Waals surface area contributed by atoms with Crippen LogP contribution in [0.2, 0.25) is 0 Å². The number of carbonyl (C=O) groups is 1. The number of carboxylic acids is 1. The van der Waals surface area contributed by atoms with E-state index in [-0.39, 0.29) is 15.6 Å². The molecule has 1 fully saturated rings.